The van der Waals surface area contributed by atoms with Gasteiger partial charge in [0.05, 0.1) is 16.6 Å². The summed E-state index contributed by atoms with van der Waals surface area (Å²) in [5.41, 5.74) is 0. The monoisotopic (exact) mass is 313 g/mol. The summed E-state index contributed by atoms with van der Waals surface area (Å²) < 4.78 is 11.4. The third-order valence-electron chi connectivity index (χ3n) is 2.05. The minimum Gasteiger partial charge on any atom is -0.497 e. The maximum atomic E-state index is 5.79. The molecule has 0 bridgehead atoms. The van der Waals surface area contributed by atoms with Crippen molar-refractivity contribution in [1.82, 2.24) is 4.98 Å². The Labute approximate surface area is 112 Å². The largest absolute Gasteiger partial charge is 0.497 e. The molecule has 0 N–H and O–H groups in total. The molecule has 2 rings (SSSR count). The second-order valence-corrected chi connectivity index (χ2v) is 4.51. The predicted octanol–water partition coefficient (Wildman–Crippen LogP) is 4.30. The number of benzene rings is 1. The highest BCUT2D eigenvalue weighted by Crippen LogP contribution is 2.30. The fourth-order valence-corrected chi connectivity index (χ4v) is 1.95. The van der Waals surface area contributed by atoms with Crippen molar-refractivity contribution in [2.75, 3.05) is 7.11 Å². The molecule has 0 amide bonds. The zero-order valence-corrected chi connectivity index (χ0v) is 11.3. The molecule has 0 radical (unpaired) electrons. The molecule has 1 aromatic heterocycles. The summed E-state index contributed by atoms with van der Waals surface area (Å²) >= 11 is 9.13. The molecule has 1 aromatic carbocycles. The average Bonchev–Trinajstić information content (AvgIpc) is 2.34. The highest BCUT2D eigenvalue weighted by molar-refractivity contribution is 9.10. The van der Waals surface area contributed by atoms with Crippen LogP contribution in [0, 0.1) is 0 Å². The molecule has 5 heteroatoms. The van der Waals surface area contributed by atoms with Gasteiger partial charge in [0.25, 0.3) is 0 Å². The Kier molecular flexibility index (Phi) is 3.86. The number of nitrogens with zero attached hydrogens (tertiary/aromatic N) is 1. The molecule has 0 fully saturated rings. The molecule has 17 heavy (non-hydrogen) atoms. The van der Waals surface area contributed by atoms with E-state index in [1.165, 1.54) is 6.20 Å². The second kappa shape index (κ2) is 5.38. The Bertz CT molecular complexity index is 516. The Morgan fingerprint density at radius 1 is 1.18 bits per heavy atom. The summed E-state index contributed by atoms with van der Waals surface area (Å²) in [6.07, 6.45) is 1.53. The third kappa shape index (κ3) is 3.11. The Morgan fingerprint density at radius 2 is 1.82 bits per heavy atom. The molecule has 1 heterocycles. The fraction of sp³-hybridized carbons (Fsp3) is 0.0833. The first-order valence-corrected chi connectivity index (χ1v) is 5.99. The lowest BCUT2D eigenvalue weighted by Crippen LogP contribution is -1.89. The van der Waals surface area contributed by atoms with E-state index >= 15 is 0 Å². The number of hydrogen-bond acceptors (Lipinski definition) is 3. The maximum Gasteiger partial charge on any atom is 0.233 e. The first kappa shape index (κ1) is 12.2. The van der Waals surface area contributed by atoms with Crippen LogP contribution in [0.3, 0.4) is 0 Å². The van der Waals surface area contributed by atoms with Gasteiger partial charge in [-0.2, -0.15) is 0 Å². The van der Waals surface area contributed by atoms with Crippen LogP contribution in [0.2, 0.25) is 5.02 Å². The van der Waals surface area contributed by atoms with Gasteiger partial charge in [0.2, 0.25) is 5.88 Å². The molecular weight excluding hydrogens is 305 g/mol. The number of hydrogen-bond donors (Lipinski definition) is 0. The van der Waals surface area contributed by atoms with E-state index in [-0.39, 0.29) is 0 Å². The Balaban J connectivity index is 2.19. The van der Waals surface area contributed by atoms with Gasteiger partial charge in [-0.15, -0.1) is 0 Å². The summed E-state index contributed by atoms with van der Waals surface area (Å²) in [6, 6.07) is 8.98. The van der Waals surface area contributed by atoms with Crippen molar-refractivity contribution in [2.45, 2.75) is 0 Å². The molecule has 88 valence electrons. The first-order chi connectivity index (χ1) is 8.19. The van der Waals surface area contributed by atoms with Gasteiger partial charge in [0.15, 0.2) is 0 Å². The molecule has 0 aliphatic carbocycles. The van der Waals surface area contributed by atoms with Crippen molar-refractivity contribution < 1.29 is 9.47 Å². The molecule has 2 aromatic rings. The van der Waals surface area contributed by atoms with Crippen LogP contribution in [0.15, 0.2) is 41.0 Å². The third-order valence-corrected chi connectivity index (χ3v) is 2.82. The van der Waals surface area contributed by atoms with Gasteiger partial charge >= 0.3 is 0 Å². The van der Waals surface area contributed by atoms with Crippen molar-refractivity contribution in [3.63, 3.8) is 0 Å². The van der Waals surface area contributed by atoms with E-state index < -0.39 is 0 Å². The van der Waals surface area contributed by atoms with Crippen molar-refractivity contribution in [2.24, 2.45) is 0 Å². The summed E-state index contributed by atoms with van der Waals surface area (Å²) in [5, 5.41) is 0.555. The van der Waals surface area contributed by atoms with Crippen LogP contribution >= 0.6 is 27.5 Å². The first-order valence-electron chi connectivity index (χ1n) is 4.82. The quantitative estimate of drug-likeness (QED) is 0.846. The van der Waals surface area contributed by atoms with E-state index in [1.54, 1.807) is 13.2 Å². The van der Waals surface area contributed by atoms with Gasteiger partial charge in [-0.3, -0.25) is 0 Å². The van der Waals surface area contributed by atoms with E-state index in [0.29, 0.717) is 21.1 Å². The predicted molar refractivity (Wildman–Crippen MR) is 70.0 cm³/mol. The fourth-order valence-electron chi connectivity index (χ4n) is 1.23. The van der Waals surface area contributed by atoms with Crippen LogP contribution in [-0.2, 0) is 0 Å². The van der Waals surface area contributed by atoms with Crippen molar-refractivity contribution >= 4 is 27.5 Å². The van der Waals surface area contributed by atoms with E-state index in [2.05, 4.69) is 20.9 Å². The smallest absolute Gasteiger partial charge is 0.233 e. The van der Waals surface area contributed by atoms with Gasteiger partial charge in [0.1, 0.15) is 11.5 Å². The lowest BCUT2D eigenvalue weighted by Gasteiger charge is -2.07. The zero-order valence-electron chi connectivity index (χ0n) is 8.98. The molecule has 3 nitrogen and oxygen atoms in total. The molecular formula is C12H9BrClNO2. The normalized spacial score (nSPS) is 10.1. The summed E-state index contributed by atoms with van der Waals surface area (Å²) in [4.78, 5) is 4.08. The molecule has 0 atom stereocenters. The van der Waals surface area contributed by atoms with Gasteiger partial charge in [-0.1, -0.05) is 11.6 Å². The number of pyridine rings is 1. The van der Waals surface area contributed by atoms with E-state index in [0.717, 1.165) is 5.75 Å². The van der Waals surface area contributed by atoms with Crippen LogP contribution in [0.5, 0.6) is 17.4 Å². The number of ether oxygens (including phenoxy) is 2. The second-order valence-electron chi connectivity index (χ2n) is 3.22. The maximum absolute atomic E-state index is 5.79. The highest BCUT2D eigenvalue weighted by atomic mass is 79.9. The van der Waals surface area contributed by atoms with Crippen LogP contribution in [0.1, 0.15) is 0 Å². The van der Waals surface area contributed by atoms with E-state index in [9.17, 15) is 0 Å². The van der Waals surface area contributed by atoms with Crippen LogP contribution in [0.25, 0.3) is 0 Å². The molecule has 0 saturated heterocycles. The van der Waals surface area contributed by atoms with Crippen LogP contribution in [0.4, 0.5) is 0 Å². The standard InChI is InChI=1S/C12H9BrClNO2/c1-16-9-2-4-10(5-3-9)17-12-11(13)6-8(14)7-15-12/h2-7H,1H3. The van der Waals surface area contributed by atoms with Gasteiger partial charge in [0, 0.05) is 6.20 Å². The lowest BCUT2D eigenvalue weighted by atomic mass is 10.3. The van der Waals surface area contributed by atoms with Gasteiger partial charge in [-0.25, -0.2) is 4.98 Å². The minimum absolute atomic E-state index is 0.472. The topological polar surface area (TPSA) is 31.4 Å². The lowest BCUT2D eigenvalue weighted by molar-refractivity contribution is 0.412. The molecule has 0 saturated carbocycles. The highest BCUT2D eigenvalue weighted by Gasteiger charge is 2.05. The zero-order chi connectivity index (χ0) is 12.3. The molecule has 0 aliphatic heterocycles. The molecule has 0 aliphatic rings. The molecule has 0 spiro atoms. The summed E-state index contributed by atoms with van der Waals surface area (Å²) in [5.74, 6) is 1.93. The number of rotatable bonds is 3. The van der Waals surface area contributed by atoms with Crippen LogP contribution < -0.4 is 9.47 Å². The summed E-state index contributed by atoms with van der Waals surface area (Å²) in [7, 11) is 1.62. The Morgan fingerprint density at radius 3 is 2.41 bits per heavy atom. The van der Waals surface area contributed by atoms with Crippen molar-refractivity contribution in [1.29, 1.82) is 0 Å². The minimum atomic E-state index is 0.472. The SMILES string of the molecule is COc1ccc(Oc2ncc(Cl)cc2Br)cc1. The number of halogens is 2. The summed E-state index contributed by atoms with van der Waals surface area (Å²) in [6.45, 7) is 0. The van der Waals surface area contributed by atoms with Crippen molar-refractivity contribution in [3.8, 4) is 17.4 Å². The van der Waals surface area contributed by atoms with E-state index in [4.69, 9.17) is 21.1 Å². The average molecular weight is 315 g/mol. The van der Waals surface area contributed by atoms with Crippen LogP contribution in [-0.4, -0.2) is 12.1 Å². The molecule has 0 unspecified atom stereocenters. The van der Waals surface area contributed by atoms with Gasteiger partial charge < -0.3 is 9.47 Å². The van der Waals surface area contributed by atoms with Gasteiger partial charge in [-0.05, 0) is 46.3 Å². The van der Waals surface area contributed by atoms with Crippen molar-refractivity contribution in [3.05, 3.63) is 46.0 Å². The number of aromatic nitrogens is 1. The van der Waals surface area contributed by atoms with E-state index in [1.807, 2.05) is 24.3 Å². The number of methoxy groups -OCH3 is 1. The Hall–Kier alpha value is -1.26.